The minimum Gasteiger partial charge on any atom is -0.489 e. The van der Waals surface area contributed by atoms with E-state index in [1.807, 2.05) is 12.1 Å². The van der Waals surface area contributed by atoms with Crippen LogP contribution in [0.3, 0.4) is 0 Å². The van der Waals surface area contributed by atoms with Gasteiger partial charge in [-0.2, -0.15) is 0 Å². The average Bonchev–Trinajstić information content (AvgIpc) is 3.11. The SMILES string of the molecule is Cl.Cl.NC[C@H]1CC[C@@H](C(=O)Nc2ncccc2OCC2CCCCC2)O1. The van der Waals surface area contributed by atoms with Gasteiger partial charge in [0.25, 0.3) is 5.91 Å². The number of pyridine rings is 1. The first-order valence-corrected chi connectivity index (χ1v) is 9.00. The number of hydrogen-bond acceptors (Lipinski definition) is 5. The molecule has 2 fully saturated rings. The quantitative estimate of drug-likeness (QED) is 0.757. The molecule has 3 N–H and O–H groups in total. The highest BCUT2D eigenvalue weighted by Gasteiger charge is 2.30. The second kappa shape index (κ2) is 11.6. The molecule has 6 nitrogen and oxygen atoms in total. The van der Waals surface area contributed by atoms with Crippen LogP contribution >= 0.6 is 24.8 Å². The molecule has 1 aliphatic carbocycles. The number of amides is 1. The number of nitrogens with zero attached hydrogens (tertiary/aromatic N) is 1. The van der Waals surface area contributed by atoms with Gasteiger partial charge in [0, 0.05) is 12.7 Å². The molecular formula is C18H29Cl2N3O3. The average molecular weight is 406 g/mol. The molecule has 2 heterocycles. The van der Waals surface area contributed by atoms with Crippen LogP contribution in [0.1, 0.15) is 44.9 Å². The number of rotatable bonds is 6. The molecule has 3 rings (SSSR count). The van der Waals surface area contributed by atoms with Crippen molar-refractivity contribution in [1.29, 1.82) is 0 Å². The van der Waals surface area contributed by atoms with Crippen LogP contribution in [0.25, 0.3) is 0 Å². The van der Waals surface area contributed by atoms with Gasteiger partial charge in [-0.3, -0.25) is 4.79 Å². The fourth-order valence-electron chi connectivity index (χ4n) is 3.43. The number of anilines is 1. The smallest absolute Gasteiger partial charge is 0.254 e. The first kappa shape index (κ1) is 23.0. The lowest BCUT2D eigenvalue weighted by molar-refractivity contribution is -0.126. The van der Waals surface area contributed by atoms with Crippen molar-refractivity contribution in [2.75, 3.05) is 18.5 Å². The van der Waals surface area contributed by atoms with E-state index in [-0.39, 0.29) is 36.8 Å². The Morgan fingerprint density at radius 2 is 2.00 bits per heavy atom. The second-order valence-corrected chi connectivity index (χ2v) is 6.71. The summed E-state index contributed by atoms with van der Waals surface area (Å²) < 4.78 is 11.6. The highest BCUT2D eigenvalue weighted by atomic mass is 35.5. The van der Waals surface area contributed by atoms with E-state index in [9.17, 15) is 4.79 Å². The Labute approximate surface area is 167 Å². The van der Waals surface area contributed by atoms with Crippen LogP contribution in [-0.4, -0.2) is 36.3 Å². The minimum atomic E-state index is -0.452. The van der Waals surface area contributed by atoms with Gasteiger partial charge < -0.3 is 20.5 Å². The summed E-state index contributed by atoms with van der Waals surface area (Å²) in [5, 5.41) is 2.84. The molecule has 2 atom stereocenters. The van der Waals surface area contributed by atoms with Gasteiger partial charge in [0.2, 0.25) is 0 Å². The van der Waals surface area contributed by atoms with Crippen molar-refractivity contribution in [3.8, 4) is 5.75 Å². The molecule has 1 aliphatic heterocycles. The fraction of sp³-hybridized carbons (Fsp3) is 0.667. The lowest BCUT2D eigenvalue weighted by Gasteiger charge is -2.22. The third-order valence-corrected chi connectivity index (χ3v) is 4.87. The predicted molar refractivity (Wildman–Crippen MR) is 106 cm³/mol. The molecule has 1 amide bonds. The monoisotopic (exact) mass is 405 g/mol. The third-order valence-electron chi connectivity index (χ3n) is 4.87. The molecule has 0 spiro atoms. The van der Waals surface area contributed by atoms with Crippen LogP contribution in [0.4, 0.5) is 5.82 Å². The molecule has 1 aromatic rings. The van der Waals surface area contributed by atoms with E-state index in [2.05, 4.69) is 10.3 Å². The summed E-state index contributed by atoms with van der Waals surface area (Å²) in [6.07, 6.45) is 9.03. The summed E-state index contributed by atoms with van der Waals surface area (Å²) in [4.78, 5) is 16.6. The van der Waals surface area contributed by atoms with Crippen LogP contribution in [-0.2, 0) is 9.53 Å². The lowest BCUT2D eigenvalue weighted by atomic mass is 9.90. The number of hydrogen-bond donors (Lipinski definition) is 2. The summed E-state index contributed by atoms with van der Waals surface area (Å²) in [5.74, 6) is 1.53. The molecule has 2 aliphatic rings. The van der Waals surface area contributed by atoms with Crippen molar-refractivity contribution < 1.29 is 14.3 Å². The normalized spacial score (nSPS) is 22.8. The summed E-state index contributed by atoms with van der Waals surface area (Å²) in [6.45, 7) is 1.13. The van der Waals surface area contributed by atoms with Gasteiger partial charge >= 0.3 is 0 Å². The summed E-state index contributed by atoms with van der Waals surface area (Å²) >= 11 is 0. The zero-order valence-electron chi connectivity index (χ0n) is 14.9. The van der Waals surface area contributed by atoms with Crippen LogP contribution in [0, 0.1) is 5.92 Å². The molecular weight excluding hydrogens is 377 g/mol. The van der Waals surface area contributed by atoms with E-state index in [0.29, 0.717) is 37.1 Å². The van der Waals surface area contributed by atoms with Crippen LogP contribution in [0.2, 0.25) is 0 Å². The number of halogens is 2. The molecule has 148 valence electrons. The Morgan fingerprint density at radius 1 is 1.23 bits per heavy atom. The number of carbonyl (C=O) groups excluding carboxylic acids is 1. The Bertz CT molecular complexity index is 556. The highest BCUT2D eigenvalue weighted by molar-refractivity contribution is 5.94. The van der Waals surface area contributed by atoms with Crippen molar-refractivity contribution in [2.45, 2.75) is 57.2 Å². The van der Waals surface area contributed by atoms with Crippen LogP contribution in [0.15, 0.2) is 18.3 Å². The van der Waals surface area contributed by atoms with Crippen molar-refractivity contribution in [2.24, 2.45) is 11.7 Å². The molecule has 1 aromatic heterocycles. The molecule has 0 radical (unpaired) electrons. The first-order valence-electron chi connectivity index (χ1n) is 9.00. The van der Waals surface area contributed by atoms with E-state index in [4.69, 9.17) is 15.2 Å². The zero-order chi connectivity index (χ0) is 16.8. The molecule has 0 bridgehead atoms. The second-order valence-electron chi connectivity index (χ2n) is 6.71. The van der Waals surface area contributed by atoms with Crippen molar-refractivity contribution >= 4 is 36.5 Å². The Morgan fingerprint density at radius 3 is 2.69 bits per heavy atom. The Balaban J connectivity index is 0.00000169. The Kier molecular flexibility index (Phi) is 10.2. The molecule has 8 heteroatoms. The van der Waals surface area contributed by atoms with Gasteiger partial charge in [0.05, 0.1) is 12.7 Å². The maximum atomic E-state index is 12.4. The van der Waals surface area contributed by atoms with Gasteiger partial charge in [0.1, 0.15) is 6.10 Å². The minimum absolute atomic E-state index is 0. The maximum Gasteiger partial charge on any atom is 0.254 e. The summed E-state index contributed by atoms with van der Waals surface area (Å²) in [6, 6.07) is 3.67. The van der Waals surface area contributed by atoms with Gasteiger partial charge in [-0.05, 0) is 43.7 Å². The standard InChI is InChI=1S/C18H27N3O3.2ClH/c19-11-14-8-9-16(24-14)18(22)21-17-15(7-4-10-20-17)23-12-13-5-2-1-3-6-13;;/h4,7,10,13-14,16H,1-3,5-6,8-9,11-12,19H2,(H,20,21,22);2*1H/t14-,16+;;/m1../s1. The fourth-order valence-corrected chi connectivity index (χ4v) is 3.43. The topological polar surface area (TPSA) is 86.5 Å². The van der Waals surface area contributed by atoms with E-state index >= 15 is 0 Å². The van der Waals surface area contributed by atoms with Crippen molar-refractivity contribution in [3.05, 3.63) is 18.3 Å². The molecule has 1 saturated heterocycles. The number of nitrogens with two attached hydrogens (primary N) is 1. The van der Waals surface area contributed by atoms with Gasteiger partial charge in [-0.1, -0.05) is 19.3 Å². The van der Waals surface area contributed by atoms with Crippen LogP contribution in [0.5, 0.6) is 5.75 Å². The number of aromatic nitrogens is 1. The summed E-state index contributed by atoms with van der Waals surface area (Å²) in [7, 11) is 0. The maximum absolute atomic E-state index is 12.4. The zero-order valence-corrected chi connectivity index (χ0v) is 16.5. The van der Waals surface area contributed by atoms with Gasteiger partial charge in [-0.25, -0.2) is 4.98 Å². The summed E-state index contributed by atoms with van der Waals surface area (Å²) in [5.41, 5.74) is 5.59. The predicted octanol–water partition coefficient (Wildman–Crippen LogP) is 3.33. The third kappa shape index (κ3) is 6.27. The molecule has 0 aromatic carbocycles. The van der Waals surface area contributed by atoms with E-state index in [1.54, 1.807) is 6.20 Å². The first-order chi connectivity index (χ1) is 11.8. The molecule has 26 heavy (non-hydrogen) atoms. The van der Waals surface area contributed by atoms with Crippen molar-refractivity contribution in [1.82, 2.24) is 4.98 Å². The molecule has 1 saturated carbocycles. The molecule has 0 unspecified atom stereocenters. The number of nitrogens with one attached hydrogen (secondary N) is 1. The van der Waals surface area contributed by atoms with Gasteiger partial charge in [-0.15, -0.1) is 24.8 Å². The van der Waals surface area contributed by atoms with E-state index < -0.39 is 6.10 Å². The van der Waals surface area contributed by atoms with Crippen LogP contribution < -0.4 is 15.8 Å². The number of ether oxygens (including phenoxy) is 2. The largest absolute Gasteiger partial charge is 0.489 e. The van der Waals surface area contributed by atoms with Crippen molar-refractivity contribution in [3.63, 3.8) is 0 Å². The Hall–Kier alpha value is -1.08. The van der Waals surface area contributed by atoms with E-state index in [0.717, 1.165) is 6.42 Å². The lowest BCUT2D eigenvalue weighted by Crippen LogP contribution is -2.30. The van der Waals surface area contributed by atoms with E-state index in [1.165, 1.54) is 32.1 Å². The van der Waals surface area contributed by atoms with Gasteiger partial charge in [0.15, 0.2) is 11.6 Å². The highest BCUT2D eigenvalue weighted by Crippen LogP contribution is 2.28. The number of carbonyl (C=O) groups is 1.